The number of ether oxygens (including phenoxy) is 3. The number of halogens is 6. The van der Waals surface area contributed by atoms with Crippen molar-refractivity contribution in [2.45, 2.75) is 97.6 Å². The van der Waals surface area contributed by atoms with Gasteiger partial charge in [-0.25, -0.2) is 9.97 Å². The number of imidazole rings is 2. The number of aryl methyl sites for hydroxylation is 2. The van der Waals surface area contributed by atoms with E-state index in [1.54, 1.807) is 55.6 Å². The molecule has 0 bridgehead atoms. The quantitative estimate of drug-likeness (QED) is 0.0546. The Kier molecular flexibility index (Phi) is 16.8. The maximum Gasteiger partial charge on any atom is 0.434 e. The summed E-state index contributed by atoms with van der Waals surface area (Å²) in [5.74, 6) is 1.30. The lowest BCUT2D eigenvalue weighted by Crippen LogP contribution is -2.22. The molecule has 0 radical (unpaired) electrons. The van der Waals surface area contributed by atoms with Gasteiger partial charge in [0.2, 0.25) is 0 Å². The third-order valence-corrected chi connectivity index (χ3v) is 14.2. The number of benzene rings is 3. The number of nitrogens with zero attached hydrogens (tertiary/aromatic N) is 6. The third kappa shape index (κ3) is 15.2. The molecule has 18 heteroatoms. The van der Waals surface area contributed by atoms with E-state index in [9.17, 15) is 31.4 Å². The van der Waals surface area contributed by atoms with Crippen LogP contribution in [0.1, 0.15) is 28.1 Å². The second-order valence-corrected chi connectivity index (χ2v) is 30.4. The molecule has 0 unspecified atom stereocenters. The van der Waals surface area contributed by atoms with E-state index < -0.39 is 39.9 Å². The molecule has 0 spiro atoms. The molecule has 0 amide bonds. The first-order valence-electron chi connectivity index (χ1n) is 22.4. The third-order valence-electron chi connectivity index (χ3n) is 10.8. The number of hydrogen-bond acceptors (Lipinski definition) is 8. The van der Waals surface area contributed by atoms with E-state index in [-0.39, 0.29) is 30.9 Å². The minimum atomic E-state index is -4.55. The minimum Gasteiger partial charge on any atom is -0.508 e. The maximum absolute atomic E-state index is 13.4. The fourth-order valence-corrected chi connectivity index (χ4v) is 8.27. The lowest BCUT2D eigenvalue weighted by atomic mass is 10.1. The lowest BCUT2D eigenvalue weighted by Gasteiger charge is -2.16. The highest BCUT2D eigenvalue weighted by Gasteiger charge is 2.36. The van der Waals surface area contributed by atoms with Crippen LogP contribution in [0.5, 0.6) is 11.5 Å². The second kappa shape index (κ2) is 22.1. The summed E-state index contributed by atoms with van der Waals surface area (Å²) in [6.07, 6.45) is -4.08. The number of aromatic nitrogens is 6. The van der Waals surface area contributed by atoms with Gasteiger partial charge in [0.15, 0.2) is 11.4 Å². The van der Waals surface area contributed by atoms with Crippen LogP contribution in [0.3, 0.4) is 0 Å². The summed E-state index contributed by atoms with van der Waals surface area (Å²) in [5.41, 5.74) is 4.82. The highest BCUT2D eigenvalue weighted by molar-refractivity contribution is 6.76. The zero-order valence-corrected chi connectivity index (χ0v) is 42.0. The van der Waals surface area contributed by atoms with E-state index in [0.717, 1.165) is 52.5 Å². The molecule has 69 heavy (non-hydrogen) atoms. The number of aromatic hydroxyl groups is 1. The molecule has 4 heterocycles. The summed E-state index contributed by atoms with van der Waals surface area (Å²) < 4.78 is 100. The fraction of sp³-hybridized carbons (Fsp3) is 0.333. The van der Waals surface area contributed by atoms with Gasteiger partial charge < -0.3 is 28.5 Å². The molecule has 0 saturated carbocycles. The van der Waals surface area contributed by atoms with Gasteiger partial charge in [-0.2, -0.15) is 26.3 Å². The summed E-state index contributed by atoms with van der Waals surface area (Å²) in [6, 6.07) is 29.6. The smallest absolute Gasteiger partial charge is 0.434 e. The van der Waals surface area contributed by atoms with Gasteiger partial charge in [0.25, 0.3) is 0 Å². The van der Waals surface area contributed by atoms with E-state index in [1.807, 2.05) is 55.5 Å². The Morgan fingerprint density at radius 3 is 1.42 bits per heavy atom. The van der Waals surface area contributed by atoms with Crippen molar-refractivity contribution in [3.63, 3.8) is 0 Å². The highest BCUT2D eigenvalue weighted by Crippen LogP contribution is 2.34. The number of alkyl halides is 6. The van der Waals surface area contributed by atoms with Crippen molar-refractivity contribution in [1.29, 1.82) is 0 Å². The predicted octanol–water partition coefficient (Wildman–Crippen LogP) is 13.8. The van der Waals surface area contributed by atoms with Gasteiger partial charge in [-0.05, 0) is 103 Å². The summed E-state index contributed by atoms with van der Waals surface area (Å²) >= 11 is 0. The molecule has 0 aliphatic rings. The van der Waals surface area contributed by atoms with Gasteiger partial charge in [-0.3, -0.25) is 9.97 Å². The van der Waals surface area contributed by atoms with Crippen molar-refractivity contribution < 1.29 is 45.7 Å². The summed E-state index contributed by atoms with van der Waals surface area (Å²) in [4.78, 5) is 16.6. The molecular formula is C51H58F6N6O4Si2. The van der Waals surface area contributed by atoms with Crippen molar-refractivity contribution in [3.8, 4) is 56.8 Å². The summed E-state index contributed by atoms with van der Waals surface area (Å²) in [6.45, 7) is 18.5. The van der Waals surface area contributed by atoms with Gasteiger partial charge in [-0.15, -0.1) is 0 Å². The number of hydrogen-bond donors (Lipinski definition) is 1. The Labute approximate surface area is 401 Å². The topological polar surface area (TPSA) is 109 Å². The van der Waals surface area contributed by atoms with Crippen LogP contribution in [-0.2, 0) is 41.9 Å². The highest BCUT2D eigenvalue weighted by atomic mass is 28.3. The Morgan fingerprint density at radius 1 is 0.565 bits per heavy atom. The molecule has 366 valence electrons. The largest absolute Gasteiger partial charge is 0.508 e. The van der Waals surface area contributed by atoms with Crippen LogP contribution in [0.4, 0.5) is 26.3 Å². The average molecular weight is 989 g/mol. The van der Waals surface area contributed by atoms with Crippen molar-refractivity contribution in [1.82, 2.24) is 29.1 Å². The number of pyridine rings is 2. The minimum absolute atomic E-state index is 0.00567. The average Bonchev–Trinajstić information content (AvgIpc) is 3.93. The number of phenols is 1. The van der Waals surface area contributed by atoms with E-state index in [0.29, 0.717) is 47.9 Å². The van der Waals surface area contributed by atoms with Crippen LogP contribution in [0.2, 0.25) is 51.4 Å². The number of rotatable bonds is 17. The Bertz CT molecular complexity index is 2770. The second-order valence-electron chi connectivity index (χ2n) is 19.2. The van der Waals surface area contributed by atoms with Crippen molar-refractivity contribution in [2.75, 3.05) is 13.2 Å². The van der Waals surface area contributed by atoms with Gasteiger partial charge in [0, 0.05) is 76.4 Å². The van der Waals surface area contributed by atoms with Crippen LogP contribution < -0.4 is 4.74 Å². The molecular weight excluding hydrogens is 931 g/mol. The molecule has 0 saturated heterocycles. The molecule has 10 nitrogen and oxygen atoms in total. The molecule has 0 aliphatic heterocycles. The number of phenolic OH excluding ortho intramolecular Hbond substituents is 1. The van der Waals surface area contributed by atoms with Crippen LogP contribution in [0.15, 0.2) is 116 Å². The van der Waals surface area contributed by atoms with E-state index in [2.05, 4.69) is 59.2 Å². The summed E-state index contributed by atoms with van der Waals surface area (Å²) in [7, 11) is -2.61. The maximum atomic E-state index is 13.4. The lowest BCUT2D eigenvalue weighted by molar-refractivity contribution is -0.141. The van der Waals surface area contributed by atoms with E-state index in [4.69, 9.17) is 14.2 Å². The first-order chi connectivity index (χ1) is 32.4. The standard InChI is InChI=1S/C29H32F3N3O2Si.C22H26F3N3O2Si/c1-21-16-23(11-13-26(21)37-19-22-8-6-5-7-9-22)25-12-10-24(17-33-25)28-34-27(29(30,31)32)18-35(28)20-36-14-15-38(2,3)4;1-15-11-16(6-8-19(15)29)18-7-5-17(12-26-18)21-27-20(22(23,24)25)13-28(21)14-30-9-10-31(2,3)4/h5-13,16-18H,14-15,19-20H2,1-4H3;5-8,11-13,29H,9-10,14H2,1-4H3. The van der Waals surface area contributed by atoms with Gasteiger partial charge in [-0.1, -0.05) is 69.6 Å². The van der Waals surface area contributed by atoms with Gasteiger partial charge in [0.05, 0.1) is 11.4 Å². The van der Waals surface area contributed by atoms with Crippen LogP contribution in [0, 0.1) is 13.8 Å². The zero-order valence-electron chi connectivity index (χ0n) is 40.0. The zero-order chi connectivity index (χ0) is 50.1. The molecule has 3 aromatic carbocycles. The molecule has 0 atom stereocenters. The van der Waals surface area contributed by atoms with Crippen LogP contribution in [0.25, 0.3) is 45.3 Å². The van der Waals surface area contributed by atoms with Crippen molar-refractivity contribution in [3.05, 3.63) is 144 Å². The predicted molar refractivity (Wildman–Crippen MR) is 262 cm³/mol. The monoisotopic (exact) mass is 988 g/mol. The van der Waals surface area contributed by atoms with Crippen molar-refractivity contribution in [2.24, 2.45) is 0 Å². The molecule has 1 N–H and O–H groups in total. The molecule has 0 fully saturated rings. The summed E-state index contributed by atoms with van der Waals surface area (Å²) in [5, 5.41) is 9.68. The molecule has 4 aromatic heterocycles. The van der Waals surface area contributed by atoms with E-state index in [1.165, 1.54) is 15.3 Å². The van der Waals surface area contributed by atoms with Crippen LogP contribution in [-0.4, -0.2) is 63.5 Å². The molecule has 7 rings (SSSR count). The van der Waals surface area contributed by atoms with Crippen molar-refractivity contribution >= 4 is 16.1 Å². The first kappa shape index (κ1) is 52.3. The Hall–Kier alpha value is -6.09. The van der Waals surface area contributed by atoms with Gasteiger partial charge in [0.1, 0.15) is 43.2 Å². The fourth-order valence-electron chi connectivity index (χ4n) is 6.76. The Balaban J connectivity index is 0.000000232. The normalized spacial score (nSPS) is 12.2. The Morgan fingerprint density at radius 2 is 1.01 bits per heavy atom. The van der Waals surface area contributed by atoms with Crippen LogP contribution >= 0.6 is 0 Å². The van der Waals surface area contributed by atoms with Gasteiger partial charge >= 0.3 is 12.4 Å². The SMILES string of the molecule is Cc1cc(-c2ccc(-c3nc(C(F)(F)F)cn3COCC[Si](C)(C)C)cn2)ccc1O.Cc1cc(-c2ccc(-c3nc(C(F)(F)F)cn3COCC[Si](C)(C)C)cn2)ccc1OCc1ccccc1. The van der Waals surface area contributed by atoms with E-state index >= 15 is 0 Å². The first-order valence-corrected chi connectivity index (χ1v) is 29.8. The molecule has 0 aliphatic carbocycles. The molecule has 7 aromatic rings.